The van der Waals surface area contributed by atoms with Gasteiger partial charge in [-0.3, -0.25) is 9.59 Å². The van der Waals surface area contributed by atoms with Crippen molar-refractivity contribution < 1.29 is 9.59 Å². The van der Waals surface area contributed by atoms with Crippen LogP contribution in [0.4, 0.5) is 0 Å². The number of nitrogens with one attached hydrogen (secondary N) is 1. The van der Waals surface area contributed by atoms with Crippen LogP contribution in [0.3, 0.4) is 0 Å². The molecule has 0 radical (unpaired) electrons. The van der Waals surface area contributed by atoms with Crippen molar-refractivity contribution in [2.24, 2.45) is 0 Å². The predicted octanol–water partition coefficient (Wildman–Crippen LogP) is 3.48. The van der Waals surface area contributed by atoms with Crippen molar-refractivity contribution in [1.82, 2.24) is 10.2 Å². The van der Waals surface area contributed by atoms with E-state index in [1.807, 2.05) is 60.7 Å². The molecule has 2 aromatic carbocycles. The fourth-order valence-electron chi connectivity index (χ4n) is 2.87. The van der Waals surface area contributed by atoms with Crippen molar-refractivity contribution in [3.63, 3.8) is 0 Å². The van der Waals surface area contributed by atoms with E-state index in [0.717, 1.165) is 37.1 Å². The number of hydrogen-bond acceptors (Lipinski definition) is 2. The molecule has 1 saturated heterocycles. The van der Waals surface area contributed by atoms with E-state index in [1.54, 1.807) is 17.1 Å². The van der Waals surface area contributed by atoms with E-state index in [9.17, 15) is 9.59 Å². The second-order valence-corrected chi connectivity index (χ2v) is 6.20. The molecule has 1 fully saturated rings. The first-order valence-corrected chi connectivity index (χ1v) is 8.82. The third kappa shape index (κ3) is 4.93. The monoisotopic (exact) mass is 346 g/mol. The molecule has 1 aliphatic rings. The van der Waals surface area contributed by atoms with E-state index < -0.39 is 0 Å². The molecule has 0 aliphatic carbocycles. The molecule has 1 heterocycles. The van der Waals surface area contributed by atoms with Gasteiger partial charge in [-0.25, -0.2) is 0 Å². The average molecular weight is 346 g/mol. The molecule has 0 aromatic heterocycles. The summed E-state index contributed by atoms with van der Waals surface area (Å²) in [6, 6.07) is 19.1. The van der Waals surface area contributed by atoms with E-state index in [2.05, 4.69) is 5.32 Å². The van der Waals surface area contributed by atoms with Gasteiger partial charge in [0, 0.05) is 19.2 Å². The summed E-state index contributed by atoms with van der Waals surface area (Å²) in [6.45, 7) is 1.47. The number of amides is 2. The Kier molecular flexibility index (Phi) is 5.99. The Labute approximate surface area is 153 Å². The van der Waals surface area contributed by atoms with Gasteiger partial charge in [0.2, 0.25) is 5.91 Å². The zero-order valence-electron chi connectivity index (χ0n) is 14.6. The molecule has 1 N–H and O–H groups in total. The Morgan fingerprint density at radius 1 is 0.846 bits per heavy atom. The van der Waals surface area contributed by atoms with Crippen LogP contribution in [0.5, 0.6) is 0 Å². The van der Waals surface area contributed by atoms with Crippen LogP contribution in [0, 0.1) is 0 Å². The third-order valence-corrected chi connectivity index (χ3v) is 4.22. The number of likely N-dealkylation sites (tertiary alicyclic amines) is 1. The fraction of sp³-hybridized carbons (Fsp3) is 0.182. The van der Waals surface area contributed by atoms with Gasteiger partial charge in [-0.15, -0.1) is 0 Å². The maximum atomic E-state index is 12.8. The zero-order valence-corrected chi connectivity index (χ0v) is 14.6. The fourth-order valence-corrected chi connectivity index (χ4v) is 2.87. The first-order valence-electron chi connectivity index (χ1n) is 8.82. The van der Waals surface area contributed by atoms with Crippen molar-refractivity contribution in [3.8, 4) is 0 Å². The van der Waals surface area contributed by atoms with Gasteiger partial charge in [-0.2, -0.15) is 0 Å². The first-order chi connectivity index (χ1) is 12.7. The van der Waals surface area contributed by atoms with Gasteiger partial charge >= 0.3 is 0 Å². The van der Waals surface area contributed by atoms with Crippen LogP contribution in [0.2, 0.25) is 0 Å². The quantitative estimate of drug-likeness (QED) is 0.843. The average Bonchev–Trinajstić information content (AvgIpc) is 3.22. The van der Waals surface area contributed by atoms with Crippen LogP contribution in [0.1, 0.15) is 24.0 Å². The smallest absolute Gasteiger partial charge is 0.270 e. The highest BCUT2D eigenvalue weighted by atomic mass is 16.2. The molecule has 4 heteroatoms. The number of hydrogen-bond donors (Lipinski definition) is 1. The molecule has 0 unspecified atom stereocenters. The topological polar surface area (TPSA) is 49.4 Å². The van der Waals surface area contributed by atoms with Crippen LogP contribution in [-0.2, 0) is 9.59 Å². The maximum Gasteiger partial charge on any atom is 0.270 e. The second kappa shape index (κ2) is 8.81. The summed E-state index contributed by atoms with van der Waals surface area (Å²) in [5.41, 5.74) is 2.12. The summed E-state index contributed by atoms with van der Waals surface area (Å²) in [5, 5.41) is 2.76. The van der Waals surface area contributed by atoms with Crippen molar-refractivity contribution >= 4 is 24.0 Å². The van der Waals surface area contributed by atoms with Gasteiger partial charge in [-0.1, -0.05) is 60.7 Å². The van der Waals surface area contributed by atoms with Crippen molar-refractivity contribution in [1.29, 1.82) is 0 Å². The highest BCUT2D eigenvalue weighted by molar-refractivity contribution is 6.04. The van der Waals surface area contributed by atoms with E-state index in [4.69, 9.17) is 0 Å². The lowest BCUT2D eigenvalue weighted by molar-refractivity contribution is -0.128. The Bertz CT molecular complexity index is 805. The number of rotatable bonds is 5. The van der Waals surface area contributed by atoms with E-state index in [1.165, 1.54) is 6.08 Å². The largest absolute Gasteiger partial charge is 0.337 e. The van der Waals surface area contributed by atoms with Crippen molar-refractivity contribution in [2.45, 2.75) is 12.8 Å². The van der Waals surface area contributed by atoms with E-state index in [-0.39, 0.29) is 11.8 Å². The lowest BCUT2D eigenvalue weighted by Gasteiger charge is -2.17. The Morgan fingerprint density at radius 2 is 1.42 bits per heavy atom. The van der Waals surface area contributed by atoms with Crippen LogP contribution in [0.15, 0.2) is 72.4 Å². The van der Waals surface area contributed by atoms with Crippen LogP contribution < -0.4 is 5.32 Å². The van der Waals surface area contributed by atoms with Crippen molar-refractivity contribution in [2.75, 3.05) is 13.1 Å². The summed E-state index contributed by atoms with van der Waals surface area (Å²) in [5.74, 6) is -0.448. The Morgan fingerprint density at radius 3 is 2.04 bits per heavy atom. The second-order valence-electron chi connectivity index (χ2n) is 6.20. The number of benzene rings is 2. The molecule has 0 bridgehead atoms. The van der Waals surface area contributed by atoms with Gasteiger partial charge in [-0.05, 0) is 36.1 Å². The van der Waals surface area contributed by atoms with Gasteiger partial charge in [0.25, 0.3) is 5.91 Å². The Hall–Kier alpha value is -3.14. The summed E-state index contributed by atoms with van der Waals surface area (Å²) in [4.78, 5) is 26.9. The standard InChI is InChI=1S/C22H22N2O2/c25-21(14-13-18-9-3-1-4-10-18)23-20(17-19-11-5-2-6-12-19)22(26)24-15-7-8-16-24/h1-6,9-14,17H,7-8,15-16H2,(H,23,25)/b14-13+,20-17-. The summed E-state index contributed by atoms with van der Waals surface area (Å²) >= 11 is 0. The molecule has 4 nitrogen and oxygen atoms in total. The molecule has 0 saturated carbocycles. The SMILES string of the molecule is O=C(/C=C/c1ccccc1)N/C(=C\c1ccccc1)C(=O)N1CCCC1. The van der Waals surface area contributed by atoms with Gasteiger partial charge in [0.1, 0.15) is 5.70 Å². The number of carbonyl (C=O) groups excluding carboxylic acids is 2. The lowest BCUT2D eigenvalue weighted by Crippen LogP contribution is -2.36. The maximum absolute atomic E-state index is 12.8. The zero-order chi connectivity index (χ0) is 18.2. The molecule has 2 amide bonds. The van der Waals surface area contributed by atoms with E-state index in [0.29, 0.717) is 5.70 Å². The van der Waals surface area contributed by atoms with Gasteiger partial charge < -0.3 is 10.2 Å². The minimum atomic E-state index is -0.316. The molecule has 132 valence electrons. The normalized spacial score (nSPS) is 14.6. The van der Waals surface area contributed by atoms with Crippen LogP contribution in [-0.4, -0.2) is 29.8 Å². The summed E-state index contributed by atoms with van der Waals surface area (Å²) in [6.07, 6.45) is 6.93. The molecule has 0 spiro atoms. The molecule has 2 aromatic rings. The third-order valence-electron chi connectivity index (χ3n) is 4.22. The molecule has 0 atom stereocenters. The molecule has 26 heavy (non-hydrogen) atoms. The van der Waals surface area contributed by atoms with Crippen molar-refractivity contribution in [3.05, 3.63) is 83.6 Å². The van der Waals surface area contributed by atoms with E-state index >= 15 is 0 Å². The summed E-state index contributed by atoms with van der Waals surface area (Å²) in [7, 11) is 0. The van der Waals surface area contributed by atoms with Crippen LogP contribution in [0.25, 0.3) is 12.2 Å². The lowest BCUT2D eigenvalue weighted by atomic mass is 10.1. The highest BCUT2D eigenvalue weighted by Gasteiger charge is 2.22. The van der Waals surface area contributed by atoms with Gasteiger partial charge in [0.15, 0.2) is 0 Å². The highest BCUT2D eigenvalue weighted by Crippen LogP contribution is 2.13. The minimum absolute atomic E-state index is 0.132. The summed E-state index contributed by atoms with van der Waals surface area (Å²) < 4.78 is 0. The molecule has 3 rings (SSSR count). The molecular formula is C22H22N2O2. The number of nitrogens with zero attached hydrogens (tertiary/aromatic N) is 1. The molecule has 1 aliphatic heterocycles. The Balaban J connectivity index is 1.76. The predicted molar refractivity (Wildman–Crippen MR) is 104 cm³/mol. The number of carbonyl (C=O) groups is 2. The van der Waals surface area contributed by atoms with Crippen LogP contribution >= 0.6 is 0 Å². The minimum Gasteiger partial charge on any atom is -0.337 e. The van der Waals surface area contributed by atoms with Gasteiger partial charge in [0.05, 0.1) is 0 Å². The first kappa shape index (κ1) is 17.7. The molecular weight excluding hydrogens is 324 g/mol.